The minimum Gasteiger partial charge on any atom is -0.481 e. The highest BCUT2D eigenvalue weighted by Crippen LogP contribution is 2.31. The van der Waals surface area contributed by atoms with Crippen LogP contribution in [0.4, 0.5) is 0 Å². The zero-order valence-electron chi connectivity index (χ0n) is 12.2. The summed E-state index contributed by atoms with van der Waals surface area (Å²) in [5, 5.41) is 12.0. The van der Waals surface area contributed by atoms with Crippen LogP contribution in [-0.2, 0) is 9.59 Å². The highest BCUT2D eigenvalue weighted by atomic mass is 16.4. The smallest absolute Gasteiger partial charge is 0.303 e. The number of hydrogen-bond acceptors (Lipinski definition) is 3. The molecule has 0 atom stereocenters. The van der Waals surface area contributed by atoms with Crippen molar-refractivity contribution in [1.82, 2.24) is 10.2 Å². The van der Waals surface area contributed by atoms with Gasteiger partial charge in [-0.2, -0.15) is 0 Å². The van der Waals surface area contributed by atoms with Crippen molar-refractivity contribution in [2.45, 2.75) is 52.5 Å². The normalized spacial score (nSPS) is 18.3. The first-order valence-corrected chi connectivity index (χ1v) is 7.10. The topological polar surface area (TPSA) is 69.6 Å². The molecule has 5 nitrogen and oxygen atoms in total. The first-order valence-electron chi connectivity index (χ1n) is 7.10. The molecule has 0 radical (unpaired) electrons. The van der Waals surface area contributed by atoms with Crippen LogP contribution in [0.3, 0.4) is 0 Å². The molecule has 0 unspecified atom stereocenters. The molecule has 1 fully saturated rings. The van der Waals surface area contributed by atoms with Crippen LogP contribution < -0.4 is 5.32 Å². The first kappa shape index (κ1) is 16.0. The second kappa shape index (κ2) is 6.89. The van der Waals surface area contributed by atoms with Crippen LogP contribution in [0.2, 0.25) is 0 Å². The molecule has 1 amide bonds. The van der Waals surface area contributed by atoms with Crippen LogP contribution in [0.25, 0.3) is 0 Å². The molecule has 1 rings (SSSR count). The van der Waals surface area contributed by atoms with Crippen molar-refractivity contribution in [1.29, 1.82) is 0 Å². The summed E-state index contributed by atoms with van der Waals surface area (Å²) in [4.78, 5) is 25.1. The third-order valence-corrected chi connectivity index (χ3v) is 3.90. The zero-order valence-corrected chi connectivity index (χ0v) is 12.2. The van der Waals surface area contributed by atoms with Crippen molar-refractivity contribution >= 4 is 11.9 Å². The number of aliphatic carboxylic acids is 1. The maximum atomic E-state index is 12.7. The fraction of sp³-hybridized carbons (Fsp3) is 0.857. The number of piperidine rings is 1. The summed E-state index contributed by atoms with van der Waals surface area (Å²) in [6.07, 6.45) is 2.35. The molecule has 19 heavy (non-hydrogen) atoms. The van der Waals surface area contributed by atoms with Gasteiger partial charge in [0.1, 0.15) is 0 Å². The zero-order chi connectivity index (χ0) is 14.5. The van der Waals surface area contributed by atoms with Crippen LogP contribution in [0, 0.1) is 5.41 Å². The Bertz CT molecular complexity index is 323. The van der Waals surface area contributed by atoms with Gasteiger partial charge in [0, 0.05) is 24.4 Å². The van der Waals surface area contributed by atoms with E-state index in [1.807, 2.05) is 25.7 Å². The fourth-order valence-corrected chi connectivity index (χ4v) is 2.53. The van der Waals surface area contributed by atoms with Crippen molar-refractivity contribution in [2.75, 3.05) is 19.6 Å². The third kappa shape index (κ3) is 4.49. The van der Waals surface area contributed by atoms with E-state index in [2.05, 4.69) is 5.32 Å². The molecule has 0 aromatic heterocycles. The molecule has 0 aromatic carbocycles. The van der Waals surface area contributed by atoms with Crippen molar-refractivity contribution in [3.05, 3.63) is 0 Å². The van der Waals surface area contributed by atoms with Gasteiger partial charge in [-0.3, -0.25) is 9.59 Å². The van der Waals surface area contributed by atoms with E-state index in [4.69, 9.17) is 5.11 Å². The van der Waals surface area contributed by atoms with Crippen LogP contribution in [0.15, 0.2) is 0 Å². The summed E-state index contributed by atoms with van der Waals surface area (Å²) in [6, 6.07) is 0.119. The average Bonchev–Trinajstić information content (AvgIpc) is 2.34. The van der Waals surface area contributed by atoms with Gasteiger partial charge in [-0.15, -0.1) is 0 Å². The van der Waals surface area contributed by atoms with E-state index in [1.54, 1.807) is 0 Å². The number of amides is 1. The molecule has 0 bridgehead atoms. The van der Waals surface area contributed by atoms with Gasteiger partial charge >= 0.3 is 5.97 Å². The molecule has 110 valence electrons. The Hall–Kier alpha value is -1.10. The second-order valence-electron chi connectivity index (χ2n) is 5.90. The summed E-state index contributed by atoms with van der Waals surface area (Å²) in [6.45, 7) is 8.30. The monoisotopic (exact) mass is 270 g/mol. The van der Waals surface area contributed by atoms with Gasteiger partial charge in [0.15, 0.2) is 0 Å². The van der Waals surface area contributed by atoms with Gasteiger partial charge < -0.3 is 15.3 Å². The molecular formula is C14H26N2O3. The van der Waals surface area contributed by atoms with Gasteiger partial charge in [0.05, 0.1) is 0 Å². The minimum atomic E-state index is -0.802. The number of nitrogens with one attached hydrogen (secondary N) is 1. The van der Waals surface area contributed by atoms with E-state index in [1.165, 1.54) is 0 Å². The van der Waals surface area contributed by atoms with Crippen LogP contribution in [0.1, 0.15) is 46.5 Å². The molecular weight excluding hydrogens is 244 g/mol. The minimum absolute atomic E-state index is 0.119. The van der Waals surface area contributed by atoms with E-state index in [0.29, 0.717) is 13.0 Å². The van der Waals surface area contributed by atoms with E-state index >= 15 is 0 Å². The van der Waals surface area contributed by atoms with Crippen LogP contribution in [0.5, 0.6) is 0 Å². The largest absolute Gasteiger partial charge is 0.481 e. The highest BCUT2D eigenvalue weighted by molar-refractivity contribution is 5.82. The molecule has 0 aliphatic carbocycles. The van der Waals surface area contributed by atoms with Gasteiger partial charge in [-0.25, -0.2) is 0 Å². The summed E-state index contributed by atoms with van der Waals surface area (Å²) in [7, 11) is 0. The number of nitrogens with zero attached hydrogens (tertiary/aromatic N) is 1. The Morgan fingerprint density at radius 1 is 1.32 bits per heavy atom. The Kier molecular flexibility index (Phi) is 5.79. The number of carboxylic acids is 1. The predicted molar refractivity (Wildman–Crippen MR) is 73.9 cm³/mol. The fourth-order valence-electron chi connectivity index (χ4n) is 2.53. The molecule has 1 aliphatic rings. The predicted octanol–water partition coefficient (Wildman–Crippen LogP) is 1.48. The number of carbonyl (C=O) groups excluding carboxylic acids is 1. The second-order valence-corrected chi connectivity index (χ2v) is 5.90. The molecule has 1 heterocycles. The molecule has 0 aromatic rings. The van der Waals surface area contributed by atoms with E-state index in [9.17, 15) is 9.59 Å². The molecule has 1 saturated heterocycles. The Labute approximate surface area is 115 Å². The number of carbonyl (C=O) groups is 2. The average molecular weight is 270 g/mol. The summed E-state index contributed by atoms with van der Waals surface area (Å²) in [5.74, 6) is -0.626. The Morgan fingerprint density at radius 2 is 1.89 bits per heavy atom. The Balaban J connectivity index is 2.63. The third-order valence-electron chi connectivity index (χ3n) is 3.90. The molecule has 0 saturated carbocycles. The van der Waals surface area contributed by atoms with Gasteiger partial charge in [0.2, 0.25) is 5.91 Å². The SMILES string of the molecule is CC(C)N(CCCC(=O)O)C(=O)C1(C)CCNCC1. The molecule has 5 heteroatoms. The summed E-state index contributed by atoms with van der Waals surface area (Å²) >= 11 is 0. The van der Waals surface area contributed by atoms with E-state index in [0.717, 1.165) is 25.9 Å². The van der Waals surface area contributed by atoms with Crippen molar-refractivity contribution in [3.8, 4) is 0 Å². The number of rotatable bonds is 6. The quantitative estimate of drug-likeness (QED) is 0.767. The van der Waals surface area contributed by atoms with Crippen LogP contribution >= 0.6 is 0 Å². The lowest BCUT2D eigenvalue weighted by molar-refractivity contribution is -0.145. The lowest BCUT2D eigenvalue weighted by Gasteiger charge is -2.39. The standard InChI is InChI=1S/C14H26N2O3/c1-11(2)16(10-4-5-12(17)18)13(19)14(3)6-8-15-9-7-14/h11,15H,4-10H2,1-3H3,(H,17,18). The summed E-state index contributed by atoms with van der Waals surface area (Å²) in [5.41, 5.74) is -0.293. The van der Waals surface area contributed by atoms with Crippen molar-refractivity contribution in [3.63, 3.8) is 0 Å². The van der Waals surface area contributed by atoms with Gasteiger partial charge in [0.25, 0.3) is 0 Å². The van der Waals surface area contributed by atoms with E-state index in [-0.39, 0.29) is 23.8 Å². The maximum Gasteiger partial charge on any atom is 0.303 e. The van der Waals surface area contributed by atoms with E-state index < -0.39 is 5.97 Å². The van der Waals surface area contributed by atoms with Crippen molar-refractivity contribution < 1.29 is 14.7 Å². The Morgan fingerprint density at radius 3 is 2.37 bits per heavy atom. The van der Waals surface area contributed by atoms with Gasteiger partial charge in [-0.05, 0) is 46.2 Å². The highest BCUT2D eigenvalue weighted by Gasteiger charge is 2.38. The lowest BCUT2D eigenvalue weighted by atomic mass is 9.79. The number of carboxylic acid groups (broad SMARTS) is 1. The molecule has 1 aliphatic heterocycles. The molecule has 0 spiro atoms. The summed E-state index contributed by atoms with van der Waals surface area (Å²) < 4.78 is 0. The van der Waals surface area contributed by atoms with Crippen molar-refractivity contribution in [2.24, 2.45) is 5.41 Å². The number of hydrogen-bond donors (Lipinski definition) is 2. The van der Waals surface area contributed by atoms with Gasteiger partial charge in [-0.1, -0.05) is 6.92 Å². The molecule has 2 N–H and O–H groups in total. The first-order chi connectivity index (χ1) is 8.87. The van der Waals surface area contributed by atoms with Crippen LogP contribution in [-0.4, -0.2) is 47.6 Å². The lowest BCUT2D eigenvalue weighted by Crippen LogP contribution is -2.50. The maximum absolute atomic E-state index is 12.7.